The summed E-state index contributed by atoms with van der Waals surface area (Å²) in [5, 5.41) is 8.83. The van der Waals surface area contributed by atoms with Gasteiger partial charge in [0.05, 0.1) is 0 Å². The Labute approximate surface area is 143 Å². The molecule has 5 nitrogen and oxygen atoms in total. The average Bonchev–Trinajstić information content (AvgIpc) is 3.27. The quantitative estimate of drug-likeness (QED) is 0.714. The van der Waals surface area contributed by atoms with Gasteiger partial charge in [0.1, 0.15) is 11.5 Å². The molecule has 5 heteroatoms. The molecule has 25 heavy (non-hydrogen) atoms. The van der Waals surface area contributed by atoms with Gasteiger partial charge in [-0.25, -0.2) is 4.79 Å². The first-order chi connectivity index (χ1) is 12.2. The SMILES string of the molecule is O=C(O)/C=C/c1cc(-c2ccc3c(c2)OCO3)c(-c2ccccc2)o1. The minimum absolute atomic E-state index is 0.211. The molecule has 0 spiro atoms. The summed E-state index contributed by atoms with van der Waals surface area (Å²) in [6.07, 6.45) is 2.49. The minimum atomic E-state index is -1.03. The summed E-state index contributed by atoms with van der Waals surface area (Å²) >= 11 is 0. The summed E-state index contributed by atoms with van der Waals surface area (Å²) in [5.74, 6) is 1.50. The first kappa shape index (κ1) is 15.1. The van der Waals surface area contributed by atoms with Crippen LogP contribution in [0.25, 0.3) is 28.5 Å². The molecule has 1 N–H and O–H groups in total. The maximum Gasteiger partial charge on any atom is 0.328 e. The molecule has 124 valence electrons. The maximum atomic E-state index is 10.8. The van der Waals surface area contributed by atoms with Gasteiger partial charge >= 0.3 is 5.97 Å². The Kier molecular flexibility index (Phi) is 3.74. The van der Waals surface area contributed by atoms with Crippen molar-refractivity contribution in [2.45, 2.75) is 0 Å². The first-order valence-corrected chi connectivity index (χ1v) is 7.71. The van der Waals surface area contributed by atoms with Crippen LogP contribution in [0.3, 0.4) is 0 Å². The van der Waals surface area contributed by atoms with Crippen LogP contribution in [0.1, 0.15) is 5.76 Å². The topological polar surface area (TPSA) is 68.9 Å². The third kappa shape index (κ3) is 2.99. The van der Waals surface area contributed by atoms with Crippen molar-refractivity contribution in [3.05, 3.63) is 66.4 Å². The molecule has 4 rings (SSSR count). The molecule has 0 radical (unpaired) electrons. The van der Waals surface area contributed by atoms with Crippen molar-refractivity contribution >= 4 is 12.0 Å². The van der Waals surface area contributed by atoms with Crippen molar-refractivity contribution in [1.29, 1.82) is 0 Å². The molecule has 2 heterocycles. The molecule has 1 aromatic heterocycles. The summed E-state index contributed by atoms with van der Waals surface area (Å²) in [6, 6.07) is 17.2. The van der Waals surface area contributed by atoms with E-state index < -0.39 is 5.97 Å². The predicted octanol–water partition coefficient (Wildman–Crippen LogP) is 4.44. The Morgan fingerprint density at radius 2 is 1.76 bits per heavy atom. The van der Waals surface area contributed by atoms with E-state index in [-0.39, 0.29) is 6.79 Å². The second-order valence-electron chi connectivity index (χ2n) is 5.50. The second-order valence-corrected chi connectivity index (χ2v) is 5.50. The van der Waals surface area contributed by atoms with Gasteiger partial charge in [-0.05, 0) is 29.8 Å². The Morgan fingerprint density at radius 1 is 0.960 bits per heavy atom. The fourth-order valence-electron chi connectivity index (χ4n) is 2.73. The number of fused-ring (bicyclic) bond motifs is 1. The lowest BCUT2D eigenvalue weighted by atomic mass is 10.0. The van der Waals surface area contributed by atoms with Gasteiger partial charge < -0.3 is 19.0 Å². The van der Waals surface area contributed by atoms with Crippen LogP contribution in [0.2, 0.25) is 0 Å². The number of benzene rings is 2. The molecule has 0 aliphatic carbocycles. The van der Waals surface area contributed by atoms with E-state index in [1.54, 1.807) is 0 Å². The van der Waals surface area contributed by atoms with Crippen molar-refractivity contribution in [2.75, 3.05) is 6.79 Å². The van der Waals surface area contributed by atoms with E-state index in [0.29, 0.717) is 23.0 Å². The van der Waals surface area contributed by atoms with E-state index in [9.17, 15) is 4.79 Å². The highest BCUT2D eigenvalue weighted by Gasteiger charge is 2.18. The number of hydrogen-bond donors (Lipinski definition) is 1. The number of furan rings is 1. The van der Waals surface area contributed by atoms with Gasteiger partial charge in [-0.3, -0.25) is 0 Å². The van der Waals surface area contributed by atoms with Crippen molar-refractivity contribution in [3.8, 4) is 33.9 Å². The van der Waals surface area contributed by atoms with E-state index in [0.717, 1.165) is 22.8 Å². The largest absolute Gasteiger partial charge is 0.478 e. The van der Waals surface area contributed by atoms with Crippen LogP contribution in [-0.2, 0) is 4.79 Å². The lowest BCUT2D eigenvalue weighted by Gasteiger charge is -2.04. The molecular formula is C20H14O5. The zero-order valence-electron chi connectivity index (χ0n) is 13.1. The van der Waals surface area contributed by atoms with Gasteiger partial charge in [0, 0.05) is 17.2 Å². The van der Waals surface area contributed by atoms with Crippen molar-refractivity contribution < 1.29 is 23.8 Å². The highest BCUT2D eigenvalue weighted by atomic mass is 16.7. The molecule has 0 fully saturated rings. The van der Waals surface area contributed by atoms with Crippen molar-refractivity contribution in [2.24, 2.45) is 0 Å². The van der Waals surface area contributed by atoms with E-state index in [4.69, 9.17) is 19.0 Å². The minimum Gasteiger partial charge on any atom is -0.478 e. The summed E-state index contributed by atoms with van der Waals surface area (Å²) < 4.78 is 16.7. The van der Waals surface area contributed by atoms with E-state index in [2.05, 4.69) is 0 Å². The van der Waals surface area contributed by atoms with Gasteiger partial charge in [0.15, 0.2) is 11.5 Å². The summed E-state index contributed by atoms with van der Waals surface area (Å²) in [4.78, 5) is 10.8. The Bertz CT molecular complexity index is 953. The highest BCUT2D eigenvalue weighted by molar-refractivity contribution is 5.87. The van der Waals surface area contributed by atoms with Crippen molar-refractivity contribution in [1.82, 2.24) is 0 Å². The van der Waals surface area contributed by atoms with Gasteiger partial charge in [-0.1, -0.05) is 36.4 Å². The molecule has 1 aliphatic rings. The van der Waals surface area contributed by atoms with Crippen LogP contribution in [0.15, 0.2) is 65.1 Å². The van der Waals surface area contributed by atoms with E-state index in [1.807, 2.05) is 54.6 Å². The Hall–Kier alpha value is -3.47. The Balaban J connectivity index is 1.83. The van der Waals surface area contributed by atoms with Gasteiger partial charge in [-0.15, -0.1) is 0 Å². The average molecular weight is 334 g/mol. The smallest absolute Gasteiger partial charge is 0.328 e. The molecule has 0 unspecified atom stereocenters. The maximum absolute atomic E-state index is 10.8. The van der Waals surface area contributed by atoms with Crippen LogP contribution in [0.4, 0.5) is 0 Å². The number of aliphatic carboxylic acids is 1. The molecule has 2 aromatic carbocycles. The lowest BCUT2D eigenvalue weighted by molar-refractivity contribution is -0.131. The third-order valence-corrected chi connectivity index (χ3v) is 3.86. The second kappa shape index (κ2) is 6.20. The van der Waals surface area contributed by atoms with Gasteiger partial charge in [-0.2, -0.15) is 0 Å². The van der Waals surface area contributed by atoms with Crippen LogP contribution < -0.4 is 9.47 Å². The molecule has 0 saturated heterocycles. The number of ether oxygens (including phenoxy) is 2. The zero-order valence-corrected chi connectivity index (χ0v) is 13.1. The van der Waals surface area contributed by atoms with Crippen molar-refractivity contribution in [3.63, 3.8) is 0 Å². The van der Waals surface area contributed by atoms with Crippen LogP contribution in [-0.4, -0.2) is 17.9 Å². The molecule has 0 amide bonds. The molecule has 0 saturated carbocycles. The zero-order chi connectivity index (χ0) is 17.2. The summed E-state index contributed by atoms with van der Waals surface area (Å²) in [6.45, 7) is 0.211. The van der Waals surface area contributed by atoms with E-state index >= 15 is 0 Å². The molecule has 0 bridgehead atoms. The number of rotatable bonds is 4. The number of carboxylic acids is 1. The third-order valence-electron chi connectivity index (χ3n) is 3.86. The lowest BCUT2D eigenvalue weighted by Crippen LogP contribution is -1.92. The fraction of sp³-hybridized carbons (Fsp3) is 0.0500. The number of carboxylic acid groups (broad SMARTS) is 1. The van der Waals surface area contributed by atoms with Gasteiger partial charge in [0.2, 0.25) is 6.79 Å². The summed E-state index contributed by atoms with van der Waals surface area (Å²) in [7, 11) is 0. The van der Waals surface area contributed by atoms with Crippen LogP contribution in [0.5, 0.6) is 11.5 Å². The standard InChI is InChI=1S/C20H14O5/c21-19(22)9-7-15-11-16(20(25-15)13-4-2-1-3-5-13)14-6-8-17-18(10-14)24-12-23-17/h1-11H,12H2,(H,21,22)/b9-7+. The number of carbonyl (C=O) groups is 1. The molecule has 3 aromatic rings. The predicted molar refractivity (Wildman–Crippen MR) is 92.4 cm³/mol. The molecular weight excluding hydrogens is 320 g/mol. The molecule has 0 atom stereocenters. The normalized spacial score (nSPS) is 12.6. The summed E-state index contributed by atoms with van der Waals surface area (Å²) in [5.41, 5.74) is 2.67. The Morgan fingerprint density at radius 3 is 2.56 bits per heavy atom. The molecule has 1 aliphatic heterocycles. The van der Waals surface area contributed by atoms with Crippen LogP contribution >= 0.6 is 0 Å². The van der Waals surface area contributed by atoms with E-state index in [1.165, 1.54) is 6.08 Å². The van der Waals surface area contributed by atoms with Crippen LogP contribution in [0, 0.1) is 0 Å². The monoisotopic (exact) mass is 334 g/mol. The number of hydrogen-bond acceptors (Lipinski definition) is 4. The highest BCUT2D eigenvalue weighted by Crippen LogP contribution is 2.40. The fourth-order valence-corrected chi connectivity index (χ4v) is 2.73. The first-order valence-electron chi connectivity index (χ1n) is 7.71. The van der Waals surface area contributed by atoms with Gasteiger partial charge in [0.25, 0.3) is 0 Å².